The standard InChI is InChI=1S/C17H20N4O2/c1-19-8-7-12-10-20(11-15(12)19)17(23)14-9-16(22)21(18-14)13-5-3-2-4-6-13/h2-6,9,12,15,18H,7-8,10-11H2,1H3. The van der Waals surface area contributed by atoms with Crippen molar-refractivity contribution < 1.29 is 4.79 Å². The first-order chi connectivity index (χ1) is 11.1. The van der Waals surface area contributed by atoms with Crippen LogP contribution in [0.1, 0.15) is 16.9 Å². The van der Waals surface area contributed by atoms with E-state index in [1.54, 1.807) is 0 Å². The fourth-order valence-electron chi connectivity index (χ4n) is 3.78. The molecule has 2 aliphatic rings. The molecule has 1 aromatic heterocycles. The summed E-state index contributed by atoms with van der Waals surface area (Å²) in [6.45, 7) is 2.64. The molecule has 2 unspecified atom stereocenters. The SMILES string of the molecule is CN1CCC2CN(C(=O)c3cc(=O)n(-c4ccccc4)[nH]3)CC21. The molecule has 3 heterocycles. The number of hydrogen-bond acceptors (Lipinski definition) is 3. The van der Waals surface area contributed by atoms with Gasteiger partial charge in [-0.25, -0.2) is 4.68 Å². The molecule has 0 bridgehead atoms. The van der Waals surface area contributed by atoms with Crippen LogP contribution in [0.4, 0.5) is 0 Å². The summed E-state index contributed by atoms with van der Waals surface area (Å²) in [6, 6.07) is 11.1. The van der Waals surface area contributed by atoms with Crippen LogP contribution in [-0.4, -0.2) is 58.2 Å². The average Bonchev–Trinajstić information content (AvgIpc) is 3.24. The van der Waals surface area contributed by atoms with Crippen LogP contribution < -0.4 is 5.56 Å². The van der Waals surface area contributed by atoms with E-state index in [-0.39, 0.29) is 11.5 Å². The van der Waals surface area contributed by atoms with Crippen molar-refractivity contribution in [3.8, 4) is 5.69 Å². The van der Waals surface area contributed by atoms with Crippen molar-refractivity contribution in [1.29, 1.82) is 0 Å². The van der Waals surface area contributed by atoms with Crippen molar-refractivity contribution in [3.63, 3.8) is 0 Å². The van der Waals surface area contributed by atoms with Gasteiger partial charge in [-0.3, -0.25) is 14.7 Å². The van der Waals surface area contributed by atoms with E-state index in [0.29, 0.717) is 17.7 Å². The Morgan fingerprint density at radius 2 is 2.00 bits per heavy atom. The molecule has 2 aromatic rings. The van der Waals surface area contributed by atoms with Gasteiger partial charge in [-0.1, -0.05) is 18.2 Å². The van der Waals surface area contributed by atoms with Gasteiger partial charge in [-0.05, 0) is 38.1 Å². The van der Waals surface area contributed by atoms with Crippen molar-refractivity contribution >= 4 is 5.91 Å². The molecule has 0 radical (unpaired) electrons. The number of aromatic nitrogens is 2. The molecule has 0 spiro atoms. The maximum atomic E-state index is 12.7. The van der Waals surface area contributed by atoms with Gasteiger partial charge in [0.05, 0.1) is 5.69 Å². The Morgan fingerprint density at radius 3 is 2.74 bits per heavy atom. The molecular weight excluding hydrogens is 292 g/mol. The van der Waals surface area contributed by atoms with E-state index in [4.69, 9.17) is 0 Å². The van der Waals surface area contributed by atoms with E-state index < -0.39 is 0 Å². The number of H-pyrrole nitrogens is 1. The summed E-state index contributed by atoms with van der Waals surface area (Å²) in [5.41, 5.74) is 0.882. The number of nitrogens with one attached hydrogen (secondary N) is 1. The summed E-state index contributed by atoms with van der Waals surface area (Å²) in [5, 5.41) is 2.95. The number of rotatable bonds is 2. The number of carbonyl (C=O) groups excluding carboxylic acids is 1. The van der Waals surface area contributed by atoms with Crippen LogP contribution in [0.3, 0.4) is 0 Å². The van der Waals surface area contributed by atoms with Gasteiger partial charge in [-0.15, -0.1) is 0 Å². The molecule has 120 valence electrons. The Labute approximate surface area is 134 Å². The number of likely N-dealkylation sites (N-methyl/N-ethyl adjacent to an activating group) is 1. The number of fused-ring (bicyclic) bond motifs is 1. The first kappa shape index (κ1) is 14.3. The number of likely N-dealkylation sites (tertiary alicyclic amines) is 2. The molecule has 2 aliphatic heterocycles. The van der Waals surface area contributed by atoms with E-state index in [0.717, 1.165) is 31.7 Å². The van der Waals surface area contributed by atoms with Crippen molar-refractivity contribution in [2.45, 2.75) is 12.5 Å². The lowest BCUT2D eigenvalue weighted by Crippen LogP contribution is -2.35. The fraction of sp³-hybridized carbons (Fsp3) is 0.412. The number of aromatic amines is 1. The smallest absolute Gasteiger partial charge is 0.272 e. The van der Waals surface area contributed by atoms with Crippen molar-refractivity contribution in [2.75, 3.05) is 26.7 Å². The average molecular weight is 312 g/mol. The highest BCUT2D eigenvalue weighted by molar-refractivity contribution is 5.92. The topological polar surface area (TPSA) is 61.3 Å². The highest BCUT2D eigenvalue weighted by Crippen LogP contribution is 2.30. The van der Waals surface area contributed by atoms with Crippen LogP contribution in [0.5, 0.6) is 0 Å². The number of hydrogen-bond donors (Lipinski definition) is 1. The van der Waals surface area contributed by atoms with Gasteiger partial charge in [0.15, 0.2) is 0 Å². The maximum absolute atomic E-state index is 12.7. The predicted molar refractivity (Wildman–Crippen MR) is 86.8 cm³/mol. The molecule has 1 aromatic carbocycles. The first-order valence-electron chi connectivity index (χ1n) is 8.00. The molecule has 6 heteroatoms. The minimum atomic E-state index is -0.212. The van der Waals surface area contributed by atoms with Gasteiger partial charge in [0, 0.05) is 25.2 Å². The Morgan fingerprint density at radius 1 is 1.22 bits per heavy atom. The second-order valence-corrected chi connectivity index (χ2v) is 6.49. The Hall–Kier alpha value is -2.34. The minimum Gasteiger partial charge on any atom is -0.335 e. The third-order valence-corrected chi connectivity index (χ3v) is 5.08. The lowest BCUT2D eigenvalue weighted by molar-refractivity contribution is 0.0768. The number of nitrogens with zero attached hydrogens (tertiary/aromatic N) is 3. The highest BCUT2D eigenvalue weighted by atomic mass is 16.2. The highest BCUT2D eigenvalue weighted by Gasteiger charge is 2.41. The molecule has 23 heavy (non-hydrogen) atoms. The van der Waals surface area contributed by atoms with Gasteiger partial charge >= 0.3 is 0 Å². The molecule has 2 fully saturated rings. The third kappa shape index (κ3) is 2.39. The van der Waals surface area contributed by atoms with Crippen LogP contribution in [0.2, 0.25) is 0 Å². The number of benzene rings is 1. The predicted octanol–water partition coefficient (Wildman–Crippen LogP) is 0.942. The molecular formula is C17H20N4O2. The van der Waals surface area contributed by atoms with Crippen molar-refractivity contribution in [3.05, 3.63) is 52.4 Å². The number of carbonyl (C=O) groups is 1. The summed E-state index contributed by atoms with van der Waals surface area (Å²) in [4.78, 5) is 29.1. The molecule has 2 atom stereocenters. The van der Waals surface area contributed by atoms with E-state index >= 15 is 0 Å². The zero-order chi connectivity index (χ0) is 16.0. The van der Waals surface area contributed by atoms with Crippen molar-refractivity contribution in [2.24, 2.45) is 5.92 Å². The molecule has 2 saturated heterocycles. The van der Waals surface area contributed by atoms with E-state index in [1.165, 1.54) is 10.7 Å². The summed E-state index contributed by atoms with van der Waals surface area (Å²) in [6.07, 6.45) is 1.15. The quantitative estimate of drug-likeness (QED) is 0.898. The van der Waals surface area contributed by atoms with Gasteiger partial charge in [0.1, 0.15) is 5.69 Å². The van der Waals surface area contributed by atoms with Crippen LogP contribution in [0.15, 0.2) is 41.2 Å². The van der Waals surface area contributed by atoms with Crippen LogP contribution in [-0.2, 0) is 0 Å². The minimum absolute atomic E-state index is 0.0837. The van der Waals surface area contributed by atoms with Gasteiger partial charge in [-0.2, -0.15) is 0 Å². The van der Waals surface area contributed by atoms with E-state index in [2.05, 4.69) is 17.0 Å². The van der Waals surface area contributed by atoms with Crippen LogP contribution in [0, 0.1) is 5.92 Å². The molecule has 0 saturated carbocycles. The lowest BCUT2D eigenvalue weighted by atomic mass is 10.1. The monoisotopic (exact) mass is 312 g/mol. The van der Waals surface area contributed by atoms with Gasteiger partial charge < -0.3 is 9.80 Å². The molecule has 1 amide bonds. The zero-order valence-electron chi connectivity index (χ0n) is 13.1. The summed E-state index contributed by atoms with van der Waals surface area (Å²) in [7, 11) is 2.12. The number of amides is 1. The second-order valence-electron chi connectivity index (χ2n) is 6.49. The normalized spacial score (nSPS) is 24.1. The Bertz CT molecular complexity index is 779. The maximum Gasteiger partial charge on any atom is 0.272 e. The van der Waals surface area contributed by atoms with Crippen LogP contribution >= 0.6 is 0 Å². The second kappa shape index (κ2) is 5.38. The Kier molecular flexibility index (Phi) is 3.34. The van der Waals surface area contributed by atoms with E-state index in [9.17, 15) is 9.59 Å². The van der Waals surface area contributed by atoms with E-state index in [1.807, 2.05) is 35.2 Å². The summed E-state index contributed by atoms with van der Waals surface area (Å²) in [5.74, 6) is 0.478. The summed E-state index contributed by atoms with van der Waals surface area (Å²) >= 11 is 0. The molecule has 6 nitrogen and oxygen atoms in total. The molecule has 4 rings (SSSR count). The van der Waals surface area contributed by atoms with Gasteiger partial charge in [0.2, 0.25) is 0 Å². The third-order valence-electron chi connectivity index (χ3n) is 5.08. The first-order valence-corrected chi connectivity index (χ1v) is 8.00. The zero-order valence-corrected chi connectivity index (χ0v) is 13.1. The largest absolute Gasteiger partial charge is 0.335 e. The molecule has 1 N–H and O–H groups in total. The summed E-state index contributed by atoms with van der Waals surface area (Å²) < 4.78 is 1.41. The number of para-hydroxylation sites is 1. The fourth-order valence-corrected chi connectivity index (χ4v) is 3.78. The van der Waals surface area contributed by atoms with Crippen LogP contribution in [0.25, 0.3) is 5.69 Å². The Balaban J connectivity index is 1.57. The van der Waals surface area contributed by atoms with Crippen molar-refractivity contribution in [1.82, 2.24) is 19.6 Å². The lowest BCUT2D eigenvalue weighted by Gasteiger charge is -2.20. The molecule has 0 aliphatic carbocycles. The van der Waals surface area contributed by atoms with Gasteiger partial charge in [0.25, 0.3) is 11.5 Å².